The van der Waals surface area contributed by atoms with Gasteiger partial charge in [0.1, 0.15) is 5.60 Å². The van der Waals surface area contributed by atoms with Crippen LogP contribution in [0.25, 0.3) is 0 Å². The molecule has 1 aromatic carbocycles. The molecular weight excluding hydrogens is 401 g/mol. The number of carbonyl (C=O) groups excluding carboxylic acids is 1. The summed E-state index contributed by atoms with van der Waals surface area (Å²) in [7, 11) is 3.86. The summed E-state index contributed by atoms with van der Waals surface area (Å²) >= 11 is 2.09. The van der Waals surface area contributed by atoms with Gasteiger partial charge in [0.05, 0.1) is 4.92 Å². The summed E-state index contributed by atoms with van der Waals surface area (Å²) in [6.07, 6.45) is -0.685. The van der Waals surface area contributed by atoms with Gasteiger partial charge in [-0.05, 0) is 62.2 Å². The third kappa shape index (κ3) is 5.41. The largest absolute Gasteiger partial charge is 0.443 e. The van der Waals surface area contributed by atoms with E-state index in [1.165, 1.54) is 0 Å². The number of primary amides is 1. The summed E-state index contributed by atoms with van der Waals surface area (Å²) in [5.41, 5.74) is 5.66. The highest BCUT2D eigenvalue weighted by Gasteiger charge is 2.27. The summed E-state index contributed by atoms with van der Waals surface area (Å²) in [4.78, 5) is 23.8. The van der Waals surface area contributed by atoms with Crippen molar-refractivity contribution in [1.82, 2.24) is 4.90 Å². The number of nitro groups is 1. The molecule has 0 unspecified atom stereocenters. The Morgan fingerprint density at radius 1 is 1.41 bits per heavy atom. The summed E-state index contributed by atoms with van der Waals surface area (Å²) in [5.74, 6) is 0. The van der Waals surface area contributed by atoms with E-state index >= 15 is 0 Å². The molecule has 0 aliphatic rings. The summed E-state index contributed by atoms with van der Waals surface area (Å²) < 4.78 is 5.86. The van der Waals surface area contributed by atoms with Crippen molar-refractivity contribution in [1.29, 1.82) is 0 Å². The number of rotatable bonds is 6. The van der Waals surface area contributed by atoms with Crippen LogP contribution < -0.4 is 5.73 Å². The normalized spacial score (nSPS) is 11.5. The van der Waals surface area contributed by atoms with Gasteiger partial charge in [0.2, 0.25) is 0 Å². The molecule has 0 heterocycles. The Bertz CT molecular complexity index is 588. The summed E-state index contributed by atoms with van der Waals surface area (Å²) in [6.45, 7) is 4.01. The number of nitrogens with zero attached hydrogens (tertiary/aromatic N) is 2. The second kappa shape index (κ2) is 7.23. The average Bonchev–Trinajstić information content (AvgIpc) is 2.29. The van der Waals surface area contributed by atoms with Crippen LogP contribution in [-0.4, -0.2) is 35.6 Å². The van der Waals surface area contributed by atoms with Crippen molar-refractivity contribution in [2.24, 2.45) is 5.73 Å². The van der Waals surface area contributed by atoms with Gasteiger partial charge in [0, 0.05) is 28.2 Å². The molecule has 122 valence electrons. The van der Waals surface area contributed by atoms with Crippen LogP contribution in [0.1, 0.15) is 25.0 Å². The van der Waals surface area contributed by atoms with E-state index in [1.54, 1.807) is 26.0 Å². The lowest BCUT2D eigenvalue weighted by atomic mass is 9.95. The van der Waals surface area contributed by atoms with Crippen LogP contribution in [0.5, 0.6) is 0 Å². The molecule has 0 aromatic heterocycles. The molecular formula is C14H20IN3O4. The molecule has 0 saturated heterocycles. The molecule has 0 spiro atoms. The lowest BCUT2D eigenvalue weighted by molar-refractivity contribution is -0.385. The number of nitro benzene ring substituents is 1. The molecule has 0 bridgehead atoms. The molecule has 0 aliphatic heterocycles. The van der Waals surface area contributed by atoms with Crippen LogP contribution in [-0.2, 0) is 17.7 Å². The second-order valence-corrected chi connectivity index (χ2v) is 7.09. The Morgan fingerprint density at radius 3 is 2.45 bits per heavy atom. The van der Waals surface area contributed by atoms with Gasteiger partial charge in [0.15, 0.2) is 0 Å². The second-order valence-electron chi connectivity index (χ2n) is 5.92. The zero-order valence-electron chi connectivity index (χ0n) is 13.1. The Morgan fingerprint density at radius 2 is 2.00 bits per heavy atom. The van der Waals surface area contributed by atoms with E-state index in [4.69, 9.17) is 10.5 Å². The summed E-state index contributed by atoms with van der Waals surface area (Å²) in [6, 6.07) is 3.35. The van der Waals surface area contributed by atoms with E-state index in [-0.39, 0.29) is 12.1 Å². The van der Waals surface area contributed by atoms with Crippen LogP contribution in [0.15, 0.2) is 12.1 Å². The van der Waals surface area contributed by atoms with Crippen molar-refractivity contribution < 1.29 is 14.5 Å². The van der Waals surface area contributed by atoms with E-state index in [0.717, 1.165) is 9.13 Å². The van der Waals surface area contributed by atoms with Crippen molar-refractivity contribution >= 4 is 34.4 Å². The first kappa shape index (κ1) is 18.6. The molecule has 7 nitrogen and oxygen atoms in total. The molecule has 8 heteroatoms. The predicted molar refractivity (Wildman–Crippen MR) is 91.7 cm³/mol. The summed E-state index contributed by atoms with van der Waals surface area (Å²) in [5, 5.41) is 11.3. The van der Waals surface area contributed by atoms with E-state index in [9.17, 15) is 14.9 Å². The van der Waals surface area contributed by atoms with Crippen LogP contribution in [0.3, 0.4) is 0 Å². The van der Waals surface area contributed by atoms with Crippen molar-refractivity contribution in [2.45, 2.75) is 32.4 Å². The van der Waals surface area contributed by atoms with Gasteiger partial charge in [0.25, 0.3) is 5.69 Å². The van der Waals surface area contributed by atoms with Gasteiger partial charge >= 0.3 is 6.09 Å². The molecule has 0 fully saturated rings. The number of carbonyl (C=O) groups is 1. The Hall–Kier alpha value is -1.42. The third-order valence-electron chi connectivity index (χ3n) is 2.92. The standard InChI is InChI=1S/C14H20IN3O4/c1-14(2,22-13(16)19)7-9-5-10(8-17(3)4)11(15)6-12(9)18(20)21/h5-6H,7-8H2,1-4H3,(H2,16,19). The van der Waals surface area contributed by atoms with Crippen LogP contribution in [0.4, 0.5) is 10.5 Å². The molecule has 1 rings (SSSR count). The fourth-order valence-corrected chi connectivity index (χ4v) is 2.82. The van der Waals surface area contributed by atoms with E-state index < -0.39 is 16.6 Å². The lowest BCUT2D eigenvalue weighted by Gasteiger charge is -2.24. The number of nitrogens with two attached hydrogens (primary N) is 1. The SMILES string of the molecule is CN(C)Cc1cc(CC(C)(C)OC(N)=O)c([N+](=O)[O-])cc1I. The first-order valence-corrected chi connectivity index (χ1v) is 7.68. The van der Waals surface area contributed by atoms with Gasteiger partial charge in [-0.2, -0.15) is 0 Å². The maximum Gasteiger partial charge on any atom is 0.405 e. The number of benzene rings is 1. The molecule has 1 aromatic rings. The maximum absolute atomic E-state index is 11.3. The molecule has 0 aliphatic carbocycles. The first-order valence-electron chi connectivity index (χ1n) is 6.60. The highest BCUT2D eigenvalue weighted by Crippen LogP contribution is 2.29. The zero-order chi connectivity index (χ0) is 17.1. The topological polar surface area (TPSA) is 98.7 Å². The Kier molecular flexibility index (Phi) is 6.12. The van der Waals surface area contributed by atoms with Gasteiger partial charge in [-0.3, -0.25) is 10.1 Å². The van der Waals surface area contributed by atoms with Gasteiger partial charge < -0.3 is 15.4 Å². The number of ether oxygens (including phenoxy) is 1. The maximum atomic E-state index is 11.3. The smallest absolute Gasteiger partial charge is 0.405 e. The fraction of sp³-hybridized carbons (Fsp3) is 0.500. The Balaban J connectivity index is 3.24. The minimum atomic E-state index is -0.918. The van der Waals surface area contributed by atoms with E-state index in [1.807, 2.05) is 19.0 Å². The molecule has 2 N–H and O–H groups in total. The number of halogens is 1. The predicted octanol–water partition coefficient (Wildman–Crippen LogP) is 2.68. The van der Waals surface area contributed by atoms with Crippen LogP contribution in [0, 0.1) is 13.7 Å². The van der Waals surface area contributed by atoms with Gasteiger partial charge in [-0.1, -0.05) is 0 Å². The highest BCUT2D eigenvalue weighted by molar-refractivity contribution is 14.1. The van der Waals surface area contributed by atoms with E-state index in [0.29, 0.717) is 12.1 Å². The monoisotopic (exact) mass is 421 g/mol. The first-order chi connectivity index (χ1) is 10.0. The minimum Gasteiger partial charge on any atom is -0.443 e. The Labute approximate surface area is 143 Å². The minimum absolute atomic E-state index is 0.0213. The van der Waals surface area contributed by atoms with Crippen LogP contribution >= 0.6 is 22.6 Å². The van der Waals surface area contributed by atoms with E-state index in [2.05, 4.69) is 22.6 Å². The van der Waals surface area contributed by atoms with Crippen molar-refractivity contribution in [2.75, 3.05) is 14.1 Å². The van der Waals surface area contributed by atoms with Crippen molar-refractivity contribution in [3.8, 4) is 0 Å². The highest BCUT2D eigenvalue weighted by atomic mass is 127. The van der Waals surface area contributed by atoms with Gasteiger partial charge in [-0.25, -0.2) is 4.79 Å². The number of hydrogen-bond acceptors (Lipinski definition) is 5. The molecule has 22 heavy (non-hydrogen) atoms. The number of hydrogen-bond donors (Lipinski definition) is 1. The molecule has 0 saturated carbocycles. The average molecular weight is 421 g/mol. The quantitative estimate of drug-likeness (QED) is 0.433. The van der Waals surface area contributed by atoms with Gasteiger partial charge in [-0.15, -0.1) is 0 Å². The van der Waals surface area contributed by atoms with Crippen LogP contribution in [0.2, 0.25) is 0 Å². The zero-order valence-corrected chi connectivity index (χ0v) is 15.2. The number of amides is 1. The molecule has 0 atom stereocenters. The third-order valence-corrected chi connectivity index (χ3v) is 3.93. The van der Waals surface area contributed by atoms with Crippen molar-refractivity contribution in [3.05, 3.63) is 36.9 Å². The van der Waals surface area contributed by atoms with Crippen molar-refractivity contribution in [3.63, 3.8) is 0 Å². The molecule has 1 amide bonds. The molecule has 0 radical (unpaired) electrons. The fourth-order valence-electron chi connectivity index (χ4n) is 2.20. The lowest BCUT2D eigenvalue weighted by Crippen LogP contribution is -2.33.